The monoisotopic (exact) mass is 213 g/mol. The van der Waals surface area contributed by atoms with Crippen molar-refractivity contribution in [1.82, 2.24) is 15.0 Å². The molecule has 0 aromatic carbocycles. The molecular weight excluding hydrogens is 198 g/mol. The van der Waals surface area contributed by atoms with E-state index >= 15 is 0 Å². The molecule has 84 valence electrons. The summed E-state index contributed by atoms with van der Waals surface area (Å²) in [6.45, 7) is 4.31. The molecule has 0 fully saturated rings. The van der Waals surface area contributed by atoms with Crippen LogP contribution in [-0.4, -0.2) is 45.2 Å². The van der Waals surface area contributed by atoms with Crippen LogP contribution in [0.15, 0.2) is 6.20 Å². The Balaban J connectivity index is 2.37. The lowest BCUT2D eigenvalue weighted by molar-refractivity contribution is -0.00221. The van der Waals surface area contributed by atoms with Crippen LogP contribution in [0.5, 0.6) is 0 Å². The molecule has 0 spiro atoms. The number of hydrogen-bond acceptors (Lipinski definition) is 5. The van der Waals surface area contributed by atoms with Gasteiger partial charge in [-0.3, -0.25) is 4.79 Å². The van der Waals surface area contributed by atoms with Crippen molar-refractivity contribution >= 4 is 6.29 Å². The largest absolute Gasteiger partial charge is 0.389 e. The summed E-state index contributed by atoms with van der Waals surface area (Å²) >= 11 is 0. The second kappa shape index (κ2) is 5.57. The summed E-state index contributed by atoms with van der Waals surface area (Å²) in [5.41, 5.74) is 0.256. The van der Waals surface area contributed by atoms with Crippen LogP contribution in [0.3, 0.4) is 0 Å². The predicted octanol–water partition coefficient (Wildman–Crippen LogP) is -0.124. The average molecular weight is 213 g/mol. The van der Waals surface area contributed by atoms with Gasteiger partial charge in [-0.2, -0.15) is 0 Å². The third-order valence-electron chi connectivity index (χ3n) is 1.70. The third-order valence-corrected chi connectivity index (χ3v) is 1.70. The Bertz CT molecular complexity index is 311. The summed E-state index contributed by atoms with van der Waals surface area (Å²) in [7, 11) is 0. The van der Waals surface area contributed by atoms with Crippen LogP contribution in [0.2, 0.25) is 0 Å². The number of carbonyl (C=O) groups is 1. The lowest BCUT2D eigenvalue weighted by Crippen LogP contribution is -2.24. The first-order valence-electron chi connectivity index (χ1n) is 4.76. The zero-order valence-corrected chi connectivity index (χ0v) is 8.83. The van der Waals surface area contributed by atoms with Crippen LogP contribution < -0.4 is 0 Å². The summed E-state index contributed by atoms with van der Waals surface area (Å²) in [6, 6.07) is 0. The molecule has 1 heterocycles. The highest BCUT2D eigenvalue weighted by atomic mass is 16.5. The number of aliphatic hydroxyl groups is 1. The minimum atomic E-state index is -0.645. The molecular formula is C9H15N3O3. The van der Waals surface area contributed by atoms with Crippen LogP contribution in [-0.2, 0) is 11.3 Å². The number of aldehydes is 1. The van der Waals surface area contributed by atoms with Crippen molar-refractivity contribution in [2.45, 2.75) is 32.6 Å². The second-order valence-electron chi connectivity index (χ2n) is 3.52. The van der Waals surface area contributed by atoms with Crippen LogP contribution in [0, 0.1) is 0 Å². The van der Waals surface area contributed by atoms with Gasteiger partial charge in [-0.05, 0) is 13.8 Å². The Morgan fingerprint density at radius 2 is 2.40 bits per heavy atom. The number of nitrogens with zero attached hydrogens (tertiary/aromatic N) is 3. The van der Waals surface area contributed by atoms with E-state index in [0.29, 0.717) is 6.29 Å². The van der Waals surface area contributed by atoms with Crippen LogP contribution >= 0.6 is 0 Å². The molecule has 0 bridgehead atoms. The maximum atomic E-state index is 10.3. The van der Waals surface area contributed by atoms with Crippen molar-refractivity contribution in [3.63, 3.8) is 0 Å². The van der Waals surface area contributed by atoms with Gasteiger partial charge < -0.3 is 9.84 Å². The van der Waals surface area contributed by atoms with Gasteiger partial charge in [0.05, 0.1) is 31.6 Å². The van der Waals surface area contributed by atoms with Crippen molar-refractivity contribution < 1.29 is 14.6 Å². The first-order valence-corrected chi connectivity index (χ1v) is 4.76. The Morgan fingerprint density at radius 1 is 1.67 bits per heavy atom. The number of rotatable bonds is 6. The predicted molar refractivity (Wildman–Crippen MR) is 52.5 cm³/mol. The first kappa shape index (κ1) is 11.8. The number of aromatic nitrogens is 3. The lowest BCUT2D eigenvalue weighted by Gasteiger charge is -2.12. The van der Waals surface area contributed by atoms with Crippen LogP contribution in [0.4, 0.5) is 0 Å². The molecule has 0 aliphatic heterocycles. The minimum Gasteiger partial charge on any atom is -0.389 e. The normalized spacial score (nSPS) is 13.1. The molecule has 0 saturated heterocycles. The molecule has 0 saturated carbocycles. The molecule has 1 aromatic rings. The Labute approximate surface area is 87.9 Å². The average Bonchev–Trinajstić information content (AvgIpc) is 2.62. The number of ether oxygens (including phenoxy) is 1. The number of carbonyl (C=O) groups excluding carboxylic acids is 1. The molecule has 1 N–H and O–H groups in total. The Kier molecular flexibility index (Phi) is 4.38. The maximum Gasteiger partial charge on any atom is 0.171 e. The molecule has 0 aliphatic rings. The Morgan fingerprint density at radius 3 is 2.93 bits per heavy atom. The lowest BCUT2D eigenvalue weighted by atomic mass is 10.3. The van der Waals surface area contributed by atoms with Gasteiger partial charge in [0, 0.05) is 0 Å². The highest BCUT2D eigenvalue weighted by Crippen LogP contribution is 1.96. The van der Waals surface area contributed by atoms with E-state index in [4.69, 9.17) is 4.74 Å². The molecule has 15 heavy (non-hydrogen) atoms. The summed E-state index contributed by atoms with van der Waals surface area (Å²) in [4.78, 5) is 10.3. The maximum absolute atomic E-state index is 10.3. The van der Waals surface area contributed by atoms with E-state index < -0.39 is 6.10 Å². The fourth-order valence-corrected chi connectivity index (χ4v) is 1.03. The molecule has 0 radical (unpaired) electrons. The number of hydrogen-bond donors (Lipinski definition) is 1. The van der Waals surface area contributed by atoms with Gasteiger partial charge in [0.15, 0.2) is 6.29 Å². The summed E-state index contributed by atoms with van der Waals surface area (Å²) < 4.78 is 6.64. The molecule has 1 rings (SSSR count). The van der Waals surface area contributed by atoms with Crippen molar-refractivity contribution in [2.24, 2.45) is 0 Å². The SMILES string of the molecule is CC(C)OCC(O)Cn1cc(C=O)nn1. The first-order chi connectivity index (χ1) is 7.11. The van der Waals surface area contributed by atoms with Crippen molar-refractivity contribution in [2.75, 3.05) is 6.61 Å². The van der Waals surface area contributed by atoms with Gasteiger partial charge in [-0.15, -0.1) is 5.10 Å². The fourth-order valence-electron chi connectivity index (χ4n) is 1.03. The van der Waals surface area contributed by atoms with E-state index in [1.54, 1.807) is 0 Å². The molecule has 1 aromatic heterocycles. The topological polar surface area (TPSA) is 77.2 Å². The standard InChI is InChI=1S/C9H15N3O3/c1-7(2)15-6-9(14)4-12-3-8(5-13)10-11-12/h3,5,7,9,14H,4,6H2,1-2H3. The zero-order chi connectivity index (χ0) is 11.3. The van der Waals surface area contributed by atoms with Crippen molar-refractivity contribution in [3.05, 3.63) is 11.9 Å². The quantitative estimate of drug-likeness (QED) is 0.666. The van der Waals surface area contributed by atoms with Gasteiger partial charge in [-0.1, -0.05) is 5.21 Å². The Hall–Kier alpha value is -1.27. The molecule has 6 nitrogen and oxygen atoms in total. The van der Waals surface area contributed by atoms with E-state index in [1.165, 1.54) is 10.9 Å². The summed E-state index contributed by atoms with van der Waals surface area (Å²) in [5, 5.41) is 16.8. The third kappa shape index (κ3) is 4.18. The van der Waals surface area contributed by atoms with Gasteiger partial charge in [-0.25, -0.2) is 4.68 Å². The van der Waals surface area contributed by atoms with Gasteiger partial charge >= 0.3 is 0 Å². The molecule has 0 aliphatic carbocycles. The van der Waals surface area contributed by atoms with E-state index in [0.717, 1.165) is 0 Å². The minimum absolute atomic E-state index is 0.0842. The molecule has 0 amide bonds. The smallest absolute Gasteiger partial charge is 0.171 e. The van der Waals surface area contributed by atoms with Crippen LogP contribution in [0.25, 0.3) is 0 Å². The highest BCUT2D eigenvalue weighted by molar-refractivity contribution is 5.70. The molecule has 1 unspecified atom stereocenters. The number of aliphatic hydroxyl groups excluding tert-OH is 1. The molecule has 1 atom stereocenters. The van der Waals surface area contributed by atoms with Crippen molar-refractivity contribution in [3.8, 4) is 0 Å². The van der Waals surface area contributed by atoms with E-state index in [2.05, 4.69) is 10.3 Å². The van der Waals surface area contributed by atoms with E-state index in [1.807, 2.05) is 13.8 Å². The summed E-state index contributed by atoms with van der Waals surface area (Å²) in [6.07, 6.45) is 1.53. The fraction of sp³-hybridized carbons (Fsp3) is 0.667. The molecule has 6 heteroatoms. The van der Waals surface area contributed by atoms with Gasteiger partial charge in [0.1, 0.15) is 5.69 Å². The zero-order valence-electron chi connectivity index (χ0n) is 8.83. The highest BCUT2D eigenvalue weighted by Gasteiger charge is 2.08. The van der Waals surface area contributed by atoms with Gasteiger partial charge in [0.2, 0.25) is 0 Å². The summed E-state index contributed by atoms with van der Waals surface area (Å²) in [5.74, 6) is 0. The van der Waals surface area contributed by atoms with Gasteiger partial charge in [0.25, 0.3) is 0 Å². The second-order valence-corrected chi connectivity index (χ2v) is 3.52. The van der Waals surface area contributed by atoms with E-state index in [9.17, 15) is 9.90 Å². The van der Waals surface area contributed by atoms with E-state index in [-0.39, 0.29) is 24.9 Å². The van der Waals surface area contributed by atoms with Crippen molar-refractivity contribution in [1.29, 1.82) is 0 Å². The van der Waals surface area contributed by atoms with Crippen LogP contribution in [0.1, 0.15) is 24.3 Å².